The third-order valence-electron chi connectivity index (χ3n) is 3.51. The Kier molecular flexibility index (Phi) is 5.63. The molecule has 0 radical (unpaired) electrons. The molecule has 0 N–H and O–H groups in total. The number of rotatable bonds is 6. The minimum Gasteiger partial charge on any atom is -0.453 e. The van der Waals surface area contributed by atoms with E-state index in [2.05, 4.69) is 4.98 Å². The van der Waals surface area contributed by atoms with Gasteiger partial charge in [0.1, 0.15) is 0 Å². The highest BCUT2D eigenvalue weighted by Crippen LogP contribution is 2.22. The van der Waals surface area contributed by atoms with E-state index in [0.29, 0.717) is 16.3 Å². The number of aromatic nitrogens is 1. The summed E-state index contributed by atoms with van der Waals surface area (Å²) in [6.07, 6.45) is 4.15. The van der Waals surface area contributed by atoms with Gasteiger partial charge in [0.05, 0.1) is 11.1 Å². The third kappa shape index (κ3) is 5.02. The van der Waals surface area contributed by atoms with Gasteiger partial charge in [0.25, 0.3) is 5.69 Å². The summed E-state index contributed by atoms with van der Waals surface area (Å²) >= 11 is 5.84. The van der Waals surface area contributed by atoms with E-state index in [-0.39, 0.29) is 18.2 Å². The van der Waals surface area contributed by atoms with Crippen molar-refractivity contribution in [3.05, 3.63) is 87.4 Å². The second-order valence-electron chi connectivity index (χ2n) is 5.42. The molecule has 0 aliphatic rings. The van der Waals surface area contributed by atoms with Gasteiger partial charge in [-0.25, -0.2) is 9.78 Å². The van der Waals surface area contributed by atoms with Gasteiger partial charge in [-0.2, -0.15) is 0 Å². The Morgan fingerprint density at radius 1 is 1.26 bits per heavy atom. The lowest BCUT2D eigenvalue weighted by atomic mass is 10.2. The van der Waals surface area contributed by atoms with Crippen molar-refractivity contribution in [2.45, 2.75) is 6.61 Å². The number of non-ortho nitro benzene ring substituents is 1. The Balaban J connectivity index is 1.57. The number of halogens is 1. The summed E-state index contributed by atoms with van der Waals surface area (Å²) in [5, 5.41) is 11.4. The molecule has 8 heteroatoms. The fourth-order valence-corrected chi connectivity index (χ4v) is 2.34. The summed E-state index contributed by atoms with van der Waals surface area (Å²) in [6.45, 7) is -0.133. The smallest absolute Gasteiger partial charge is 0.331 e. The van der Waals surface area contributed by atoms with Gasteiger partial charge in [0, 0.05) is 28.8 Å². The monoisotopic (exact) mass is 384 g/mol. The molecule has 0 amide bonds. The van der Waals surface area contributed by atoms with E-state index in [0.717, 1.165) is 5.56 Å². The number of nitrogens with zero attached hydrogens (tertiary/aromatic N) is 2. The van der Waals surface area contributed by atoms with Crippen LogP contribution in [0, 0.1) is 10.1 Å². The number of esters is 1. The first-order valence-electron chi connectivity index (χ1n) is 7.81. The van der Waals surface area contributed by atoms with Gasteiger partial charge in [-0.15, -0.1) is 0 Å². The molecule has 0 unspecified atom stereocenters. The minimum atomic E-state index is -0.618. The van der Waals surface area contributed by atoms with Crippen LogP contribution in [0.4, 0.5) is 5.69 Å². The zero-order chi connectivity index (χ0) is 19.2. The molecule has 136 valence electrons. The van der Waals surface area contributed by atoms with Crippen molar-refractivity contribution < 1.29 is 18.9 Å². The van der Waals surface area contributed by atoms with Gasteiger partial charge in [0.2, 0.25) is 5.89 Å². The minimum absolute atomic E-state index is 0.0555. The van der Waals surface area contributed by atoms with Crippen molar-refractivity contribution in [3.63, 3.8) is 0 Å². The summed E-state index contributed by atoms with van der Waals surface area (Å²) in [5.41, 5.74) is 1.26. The van der Waals surface area contributed by atoms with Gasteiger partial charge in [-0.05, 0) is 35.9 Å². The van der Waals surface area contributed by atoms with Crippen LogP contribution in [0.15, 0.2) is 65.2 Å². The predicted octanol–water partition coefficient (Wildman–Crippen LogP) is 4.66. The normalized spacial score (nSPS) is 10.9. The lowest BCUT2D eigenvalue weighted by Crippen LogP contribution is -2.00. The van der Waals surface area contributed by atoms with Gasteiger partial charge in [0.15, 0.2) is 12.4 Å². The highest BCUT2D eigenvalue weighted by Gasteiger charge is 2.09. The summed E-state index contributed by atoms with van der Waals surface area (Å²) in [7, 11) is 0. The number of carbonyl (C=O) groups excluding carboxylic acids is 1. The lowest BCUT2D eigenvalue weighted by Gasteiger charge is -1.99. The van der Waals surface area contributed by atoms with Crippen molar-refractivity contribution in [2.24, 2.45) is 0 Å². The molecule has 0 atom stereocenters. The summed E-state index contributed by atoms with van der Waals surface area (Å²) < 4.78 is 10.6. The molecule has 0 aliphatic carbocycles. The molecular formula is C19H13ClN2O5. The van der Waals surface area contributed by atoms with E-state index in [4.69, 9.17) is 20.8 Å². The molecule has 0 saturated heterocycles. The second-order valence-corrected chi connectivity index (χ2v) is 5.85. The van der Waals surface area contributed by atoms with Crippen LogP contribution in [-0.4, -0.2) is 15.9 Å². The van der Waals surface area contributed by atoms with Crippen LogP contribution in [0.2, 0.25) is 5.02 Å². The van der Waals surface area contributed by atoms with Crippen molar-refractivity contribution in [1.82, 2.24) is 4.98 Å². The lowest BCUT2D eigenvalue weighted by molar-refractivity contribution is -0.384. The van der Waals surface area contributed by atoms with Crippen molar-refractivity contribution in [1.29, 1.82) is 0 Å². The third-order valence-corrected chi connectivity index (χ3v) is 3.77. The maximum absolute atomic E-state index is 11.8. The Bertz CT molecular complexity index is 995. The zero-order valence-electron chi connectivity index (χ0n) is 13.9. The van der Waals surface area contributed by atoms with Crippen molar-refractivity contribution in [3.8, 4) is 11.3 Å². The van der Waals surface area contributed by atoms with Crippen LogP contribution in [0.1, 0.15) is 11.5 Å². The number of ether oxygens (including phenoxy) is 1. The number of hydrogen-bond acceptors (Lipinski definition) is 6. The largest absolute Gasteiger partial charge is 0.453 e. The number of benzene rings is 2. The summed E-state index contributed by atoms with van der Waals surface area (Å²) in [6, 6.07) is 13.0. The van der Waals surface area contributed by atoms with Crippen molar-refractivity contribution in [2.75, 3.05) is 0 Å². The predicted molar refractivity (Wildman–Crippen MR) is 98.9 cm³/mol. The van der Waals surface area contributed by atoms with Gasteiger partial charge in [-0.3, -0.25) is 10.1 Å². The Labute approximate surface area is 159 Å². The first kappa shape index (κ1) is 18.3. The van der Waals surface area contributed by atoms with E-state index in [1.165, 1.54) is 36.5 Å². The van der Waals surface area contributed by atoms with Crippen LogP contribution < -0.4 is 0 Å². The first-order chi connectivity index (χ1) is 13.0. The highest BCUT2D eigenvalue weighted by atomic mass is 35.5. The fraction of sp³-hybridized carbons (Fsp3) is 0.0526. The zero-order valence-corrected chi connectivity index (χ0v) is 14.6. The number of oxazole rings is 1. The maximum Gasteiger partial charge on any atom is 0.331 e. The maximum atomic E-state index is 11.8. The molecule has 2 aromatic carbocycles. The molecule has 3 rings (SSSR count). The molecule has 0 spiro atoms. The second kappa shape index (κ2) is 8.29. The van der Waals surface area contributed by atoms with Gasteiger partial charge >= 0.3 is 5.97 Å². The quantitative estimate of drug-likeness (QED) is 0.265. The molecule has 0 fully saturated rings. The van der Waals surface area contributed by atoms with E-state index in [1.807, 2.05) is 0 Å². The number of carbonyl (C=O) groups is 1. The number of nitro groups is 1. The highest BCUT2D eigenvalue weighted by molar-refractivity contribution is 6.30. The molecule has 0 aliphatic heterocycles. The Morgan fingerprint density at radius 2 is 2.04 bits per heavy atom. The molecule has 0 saturated carbocycles. The SMILES string of the molecule is O=C(/C=C/c1cccc([N+](=O)[O-])c1)OCc1ncc(-c2ccc(Cl)cc2)o1. The molecule has 0 bridgehead atoms. The van der Waals surface area contributed by atoms with Gasteiger partial charge < -0.3 is 9.15 Å². The van der Waals surface area contributed by atoms with Crippen LogP contribution in [0.25, 0.3) is 17.4 Å². The van der Waals surface area contributed by atoms with Crippen LogP contribution in [0.5, 0.6) is 0 Å². The molecule has 1 aromatic heterocycles. The fourth-order valence-electron chi connectivity index (χ4n) is 2.21. The first-order valence-corrected chi connectivity index (χ1v) is 8.19. The molecular weight excluding hydrogens is 372 g/mol. The van der Waals surface area contributed by atoms with E-state index in [9.17, 15) is 14.9 Å². The molecule has 27 heavy (non-hydrogen) atoms. The van der Waals surface area contributed by atoms with Crippen LogP contribution in [0.3, 0.4) is 0 Å². The van der Waals surface area contributed by atoms with E-state index in [1.54, 1.807) is 30.3 Å². The average Bonchev–Trinajstić information content (AvgIpc) is 3.14. The Morgan fingerprint density at radius 3 is 2.78 bits per heavy atom. The Hall–Kier alpha value is -3.45. The summed E-state index contributed by atoms with van der Waals surface area (Å²) in [5.74, 6) is 0.162. The van der Waals surface area contributed by atoms with Crippen LogP contribution in [-0.2, 0) is 16.1 Å². The number of nitro benzene ring substituents is 1. The van der Waals surface area contributed by atoms with Crippen LogP contribution >= 0.6 is 11.6 Å². The average molecular weight is 385 g/mol. The summed E-state index contributed by atoms with van der Waals surface area (Å²) in [4.78, 5) is 26.1. The van der Waals surface area contributed by atoms with E-state index >= 15 is 0 Å². The molecule has 1 heterocycles. The standard InChI is InChI=1S/C19H13ClN2O5/c20-15-7-5-14(6-8-15)17-11-21-18(27-17)12-26-19(23)9-4-13-2-1-3-16(10-13)22(24)25/h1-11H,12H2/b9-4+. The topological polar surface area (TPSA) is 95.5 Å². The number of hydrogen-bond donors (Lipinski definition) is 0. The molecule has 7 nitrogen and oxygen atoms in total. The van der Waals surface area contributed by atoms with Crippen molar-refractivity contribution >= 4 is 29.3 Å². The molecule has 3 aromatic rings. The van der Waals surface area contributed by atoms with Gasteiger partial charge in [-0.1, -0.05) is 23.7 Å². The van der Waals surface area contributed by atoms with E-state index < -0.39 is 10.9 Å².